The van der Waals surface area contributed by atoms with Crippen molar-refractivity contribution in [3.63, 3.8) is 0 Å². The second-order valence-electron chi connectivity index (χ2n) is 3.25. The molecular weight excluding hydrogens is 229 g/mol. The third-order valence-electron chi connectivity index (χ3n) is 2.12. The second-order valence-corrected chi connectivity index (χ2v) is 3.61. The lowest BCUT2D eigenvalue weighted by Crippen LogP contribution is -1.99. The van der Waals surface area contributed by atoms with E-state index < -0.39 is 0 Å². The summed E-state index contributed by atoms with van der Waals surface area (Å²) < 4.78 is 13.5. The number of nitrogens with zero attached hydrogens (tertiary/aromatic N) is 2. The van der Waals surface area contributed by atoms with Gasteiger partial charge < -0.3 is 5.32 Å². The van der Waals surface area contributed by atoms with Crippen molar-refractivity contribution in [2.24, 2.45) is 0 Å². The molecule has 0 unspecified atom stereocenters. The number of anilines is 2. The average Bonchev–Trinajstić information content (AvgIpc) is 2.26. The lowest BCUT2D eigenvalue weighted by molar-refractivity contribution is 0.631. The molecular formula is C11H9ClFN3. The first-order valence-electron chi connectivity index (χ1n) is 4.67. The molecule has 2 rings (SSSR count). The molecule has 5 heteroatoms. The van der Waals surface area contributed by atoms with Crippen LogP contribution in [0.25, 0.3) is 0 Å². The van der Waals surface area contributed by atoms with Crippen molar-refractivity contribution in [1.29, 1.82) is 0 Å². The Morgan fingerprint density at radius 2 is 2.00 bits per heavy atom. The number of aromatic nitrogens is 2. The van der Waals surface area contributed by atoms with E-state index in [9.17, 15) is 4.39 Å². The highest BCUT2D eigenvalue weighted by Gasteiger charge is 2.08. The molecule has 0 radical (unpaired) electrons. The highest BCUT2D eigenvalue weighted by molar-refractivity contribution is 6.31. The molecule has 0 saturated carbocycles. The van der Waals surface area contributed by atoms with E-state index in [1.54, 1.807) is 19.1 Å². The van der Waals surface area contributed by atoms with Gasteiger partial charge in [-0.3, -0.25) is 0 Å². The number of nitrogens with one attached hydrogen (secondary N) is 1. The van der Waals surface area contributed by atoms with Gasteiger partial charge in [-0.2, -0.15) is 0 Å². The van der Waals surface area contributed by atoms with Crippen LogP contribution in [0.1, 0.15) is 5.56 Å². The van der Waals surface area contributed by atoms with Crippen molar-refractivity contribution >= 4 is 23.1 Å². The summed E-state index contributed by atoms with van der Waals surface area (Å²) in [7, 11) is 0. The van der Waals surface area contributed by atoms with E-state index in [4.69, 9.17) is 11.6 Å². The van der Waals surface area contributed by atoms with Crippen LogP contribution in [0.15, 0.2) is 30.6 Å². The minimum Gasteiger partial charge on any atom is -0.335 e. The lowest BCUT2D eigenvalue weighted by atomic mass is 10.2. The van der Waals surface area contributed by atoms with Crippen LogP contribution in [-0.2, 0) is 0 Å². The number of halogens is 2. The van der Waals surface area contributed by atoms with Gasteiger partial charge in [-0.05, 0) is 18.6 Å². The normalized spacial score (nSPS) is 10.2. The molecule has 0 aliphatic heterocycles. The first-order chi connectivity index (χ1) is 7.68. The van der Waals surface area contributed by atoms with Crippen molar-refractivity contribution in [3.8, 4) is 0 Å². The third kappa shape index (κ3) is 2.12. The van der Waals surface area contributed by atoms with Crippen molar-refractivity contribution in [1.82, 2.24) is 9.97 Å². The molecule has 0 fully saturated rings. The van der Waals surface area contributed by atoms with E-state index in [1.807, 2.05) is 0 Å². The van der Waals surface area contributed by atoms with Crippen LogP contribution in [-0.4, -0.2) is 9.97 Å². The van der Waals surface area contributed by atoms with Gasteiger partial charge >= 0.3 is 0 Å². The largest absolute Gasteiger partial charge is 0.335 e. The number of aryl methyl sites for hydroxylation is 1. The van der Waals surface area contributed by atoms with E-state index in [1.165, 1.54) is 18.5 Å². The summed E-state index contributed by atoms with van der Waals surface area (Å²) in [6.45, 7) is 1.80. The topological polar surface area (TPSA) is 37.8 Å². The minimum absolute atomic E-state index is 0.213. The summed E-state index contributed by atoms with van der Waals surface area (Å²) >= 11 is 5.82. The van der Waals surface area contributed by atoms with Gasteiger partial charge in [0, 0.05) is 12.4 Å². The van der Waals surface area contributed by atoms with Gasteiger partial charge in [0.2, 0.25) is 0 Å². The van der Waals surface area contributed by atoms with Gasteiger partial charge in [0.05, 0.1) is 5.69 Å². The molecule has 0 spiro atoms. The molecule has 0 atom stereocenters. The SMILES string of the molecule is Cc1cccc(F)c1Nc1nccnc1Cl. The fraction of sp³-hybridized carbons (Fsp3) is 0.0909. The molecule has 0 amide bonds. The zero-order valence-corrected chi connectivity index (χ0v) is 9.29. The Hall–Kier alpha value is -1.68. The molecule has 1 N–H and O–H groups in total. The van der Waals surface area contributed by atoms with Gasteiger partial charge in [0.15, 0.2) is 11.0 Å². The number of hydrogen-bond donors (Lipinski definition) is 1. The first kappa shape index (κ1) is 10.8. The first-order valence-corrected chi connectivity index (χ1v) is 5.05. The second kappa shape index (κ2) is 4.45. The predicted molar refractivity (Wildman–Crippen MR) is 61.5 cm³/mol. The number of rotatable bonds is 2. The maximum Gasteiger partial charge on any atom is 0.171 e. The molecule has 3 nitrogen and oxygen atoms in total. The molecule has 1 heterocycles. The molecule has 82 valence electrons. The molecule has 0 saturated heterocycles. The van der Waals surface area contributed by atoms with E-state index in [2.05, 4.69) is 15.3 Å². The summed E-state index contributed by atoms with van der Waals surface area (Å²) in [5.41, 5.74) is 1.15. The van der Waals surface area contributed by atoms with Crippen molar-refractivity contribution in [2.45, 2.75) is 6.92 Å². The van der Waals surface area contributed by atoms with Crippen molar-refractivity contribution < 1.29 is 4.39 Å². The lowest BCUT2D eigenvalue weighted by Gasteiger charge is -2.09. The summed E-state index contributed by atoms with van der Waals surface area (Å²) in [6, 6.07) is 4.82. The van der Waals surface area contributed by atoms with Crippen LogP contribution in [0.2, 0.25) is 5.15 Å². The van der Waals surface area contributed by atoms with Crippen LogP contribution < -0.4 is 5.32 Å². The van der Waals surface area contributed by atoms with Crippen LogP contribution in [0.3, 0.4) is 0 Å². The average molecular weight is 238 g/mol. The third-order valence-corrected chi connectivity index (χ3v) is 2.40. The zero-order chi connectivity index (χ0) is 11.5. The number of para-hydroxylation sites is 1. The zero-order valence-electron chi connectivity index (χ0n) is 8.54. The molecule has 2 aromatic rings. The Balaban J connectivity index is 2.38. The minimum atomic E-state index is -0.346. The van der Waals surface area contributed by atoms with Gasteiger partial charge in [0.25, 0.3) is 0 Å². The smallest absolute Gasteiger partial charge is 0.171 e. The van der Waals surface area contributed by atoms with E-state index in [-0.39, 0.29) is 11.0 Å². The predicted octanol–water partition coefficient (Wildman–Crippen LogP) is 3.32. The molecule has 1 aromatic carbocycles. The standard InChI is InChI=1S/C11H9ClFN3/c1-7-3-2-4-8(13)9(7)16-11-10(12)14-5-6-15-11/h2-6H,1H3,(H,15,16). The highest BCUT2D eigenvalue weighted by atomic mass is 35.5. The molecule has 0 aliphatic carbocycles. The molecule has 1 aromatic heterocycles. The number of benzene rings is 1. The Bertz CT molecular complexity index is 496. The molecule has 16 heavy (non-hydrogen) atoms. The Labute approximate surface area is 97.3 Å². The monoisotopic (exact) mass is 237 g/mol. The Morgan fingerprint density at radius 1 is 1.25 bits per heavy atom. The Kier molecular flexibility index (Phi) is 3.01. The fourth-order valence-corrected chi connectivity index (χ4v) is 1.47. The van der Waals surface area contributed by atoms with Crippen LogP contribution >= 0.6 is 11.6 Å². The van der Waals surface area contributed by atoms with E-state index >= 15 is 0 Å². The molecule has 0 bridgehead atoms. The van der Waals surface area contributed by atoms with E-state index in [0.29, 0.717) is 11.5 Å². The number of hydrogen-bond acceptors (Lipinski definition) is 3. The summed E-state index contributed by atoms with van der Waals surface area (Å²) in [5, 5.41) is 3.04. The van der Waals surface area contributed by atoms with Gasteiger partial charge in [0.1, 0.15) is 5.82 Å². The van der Waals surface area contributed by atoms with Gasteiger partial charge in [-0.15, -0.1) is 0 Å². The van der Waals surface area contributed by atoms with Crippen LogP contribution in [0, 0.1) is 12.7 Å². The van der Waals surface area contributed by atoms with Crippen molar-refractivity contribution in [2.75, 3.05) is 5.32 Å². The van der Waals surface area contributed by atoms with E-state index in [0.717, 1.165) is 5.56 Å². The summed E-state index contributed by atoms with van der Waals surface area (Å²) in [4.78, 5) is 7.84. The Morgan fingerprint density at radius 3 is 2.69 bits per heavy atom. The maximum atomic E-state index is 13.5. The van der Waals surface area contributed by atoms with Crippen LogP contribution in [0.4, 0.5) is 15.9 Å². The fourth-order valence-electron chi connectivity index (χ4n) is 1.31. The van der Waals surface area contributed by atoms with Crippen molar-refractivity contribution in [3.05, 3.63) is 47.1 Å². The summed E-state index contributed by atoms with van der Waals surface area (Å²) in [6.07, 6.45) is 2.96. The summed E-state index contributed by atoms with van der Waals surface area (Å²) in [5.74, 6) is -0.000846. The molecule has 0 aliphatic rings. The van der Waals surface area contributed by atoms with Crippen LogP contribution in [0.5, 0.6) is 0 Å². The van der Waals surface area contributed by atoms with Gasteiger partial charge in [-0.1, -0.05) is 23.7 Å². The maximum absolute atomic E-state index is 13.5. The van der Waals surface area contributed by atoms with Gasteiger partial charge in [-0.25, -0.2) is 14.4 Å². The highest BCUT2D eigenvalue weighted by Crippen LogP contribution is 2.25. The quantitative estimate of drug-likeness (QED) is 0.871.